The summed E-state index contributed by atoms with van der Waals surface area (Å²) < 4.78 is 0. The lowest BCUT2D eigenvalue weighted by atomic mass is 10.2. The van der Waals surface area contributed by atoms with Gasteiger partial charge in [-0.05, 0) is 18.9 Å². The third kappa shape index (κ3) is 2.02. The molecule has 68 valence electrons. The van der Waals surface area contributed by atoms with E-state index >= 15 is 0 Å². The summed E-state index contributed by atoms with van der Waals surface area (Å²) in [5, 5.41) is 0. The van der Waals surface area contributed by atoms with E-state index in [0.29, 0.717) is 11.7 Å². The van der Waals surface area contributed by atoms with E-state index in [1.807, 2.05) is 6.07 Å². The van der Waals surface area contributed by atoms with Gasteiger partial charge < -0.3 is 5.73 Å². The third-order valence-electron chi connectivity index (χ3n) is 2.05. The van der Waals surface area contributed by atoms with Gasteiger partial charge in [0, 0.05) is 17.8 Å². The molecule has 0 bridgehead atoms. The molecule has 1 saturated carbocycles. The van der Waals surface area contributed by atoms with Crippen LogP contribution in [0.3, 0.4) is 0 Å². The summed E-state index contributed by atoms with van der Waals surface area (Å²) in [5.41, 5.74) is 6.09. The van der Waals surface area contributed by atoms with E-state index in [4.69, 9.17) is 5.73 Å². The van der Waals surface area contributed by atoms with Crippen LogP contribution in [0.1, 0.15) is 30.3 Å². The van der Waals surface area contributed by atoms with Gasteiger partial charge in [0.15, 0.2) is 0 Å². The van der Waals surface area contributed by atoms with Crippen molar-refractivity contribution in [3.63, 3.8) is 0 Å². The lowest BCUT2D eigenvalue weighted by molar-refractivity contribution is -0.117. The fourth-order valence-electron chi connectivity index (χ4n) is 1.26. The van der Waals surface area contributed by atoms with E-state index in [1.165, 1.54) is 12.8 Å². The monoisotopic (exact) mass is 177 g/mol. The van der Waals surface area contributed by atoms with Gasteiger partial charge in [0.2, 0.25) is 5.91 Å². The Morgan fingerprint density at radius 3 is 3.00 bits per heavy atom. The molecule has 1 aromatic heterocycles. The molecule has 1 heterocycles. The number of nitrogens with zero attached hydrogens (tertiary/aromatic N) is 2. The van der Waals surface area contributed by atoms with Gasteiger partial charge in [-0.1, -0.05) is 0 Å². The Bertz CT molecular complexity index is 333. The first-order valence-corrected chi connectivity index (χ1v) is 4.36. The van der Waals surface area contributed by atoms with Gasteiger partial charge >= 0.3 is 0 Å². The Labute approximate surface area is 76.2 Å². The normalized spacial score (nSPS) is 15.7. The quantitative estimate of drug-likeness (QED) is 0.725. The van der Waals surface area contributed by atoms with E-state index in [-0.39, 0.29) is 12.3 Å². The van der Waals surface area contributed by atoms with Crippen molar-refractivity contribution in [3.8, 4) is 0 Å². The van der Waals surface area contributed by atoms with Crippen LogP contribution in [0.25, 0.3) is 0 Å². The van der Waals surface area contributed by atoms with Crippen LogP contribution in [0.4, 0.5) is 0 Å². The number of aromatic nitrogens is 2. The Balaban J connectivity index is 2.16. The maximum atomic E-state index is 10.6. The predicted molar refractivity (Wildman–Crippen MR) is 46.9 cm³/mol. The highest BCUT2D eigenvalue weighted by Crippen LogP contribution is 2.38. The fraction of sp³-hybridized carbons (Fsp3) is 0.444. The third-order valence-corrected chi connectivity index (χ3v) is 2.05. The zero-order chi connectivity index (χ0) is 9.26. The molecule has 1 aromatic rings. The average Bonchev–Trinajstić information content (AvgIpc) is 2.85. The molecule has 0 radical (unpaired) electrons. The smallest absolute Gasteiger partial charge is 0.225 e. The predicted octanol–water partition coefficient (Wildman–Crippen LogP) is 0.382. The number of amides is 1. The van der Waals surface area contributed by atoms with Gasteiger partial charge in [0.1, 0.15) is 5.82 Å². The van der Waals surface area contributed by atoms with Crippen molar-refractivity contribution in [1.29, 1.82) is 0 Å². The summed E-state index contributed by atoms with van der Waals surface area (Å²) in [6, 6.07) is 1.90. The average molecular weight is 177 g/mol. The highest BCUT2D eigenvalue weighted by molar-refractivity contribution is 5.75. The van der Waals surface area contributed by atoms with Crippen molar-refractivity contribution < 1.29 is 4.79 Å². The Morgan fingerprint density at radius 2 is 2.38 bits per heavy atom. The zero-order valence-corrected chi connectivity index (χ0v) is 7.23. The standard InChI is InChI=1S/C9H11N3O/c10-8(13)5-9-11-4-3-7(12-9)6-1-2-6/h3-4,6H,1-2,5H2,(H2,10,13). The van der Waals surface area contributed by atoms with E-state index in [2.05, 4.69) is 9.97 Å². The number of hydrogen-bond donors (Lipinski definition) is 1. The van der Waals surface area contributed by atoms with Crippen LogP contribution in [0.5, 0.6) is 0 Å². The number of hydrogen-bond acceptors (Lipinski definition) is 3. The first-order valence-electron chi connectivity index (χ1n) is 4.36. The number of carbonyl (C=O) groups is 1. The summed E-state index contributed by atoms with van der Waals surface area (Å²) >= 11 is 0. The number of nitrogens with two attached hydrogens (primary N) is 1. The summed E-state index contributed by atoms with van der Waals surface area (Å²) in [4.78, 5) is 18.8. The number of rotatable bonds is 3. The highest BCUT2D eigenvalue weighted by atomic mass is 16.1. The summed E-state index contributed by atoms with van der Waals surface area (Å²) in [7, 11) is 0. The molecule has 13 heavy (non-hydrogen) atoms. The van der Waals surface area contributed by atoms with Crippen molar-refractivity contribution in [3.05, 3.63) is 23.8 Å². The molecule has 1 amide bonds. The summed E-state index contributed by atoms with van der Waals surface area (Å²) in [6.45, 7) is 0. The number of carbonyl (C=O) groups excluding carboxylic acids is 1. The van der Waals surface area contributed by atoms with Crippen LogP contribution in [-0.4, -0.2) is 15.9 Å². The van der Waals surface area contributed by atoms with Gasteiger partial charge in [-0.25, -0.2) is 9.97 Å². The topological polar surface area (TPSA) is 68.9 Å². The maximum Gasteiger partial charge on any atom is 0.225 e. The van der Waals surface area contributed by atoms with Gasteiger partial charge in [-0.2, -0.15) is 0 Å². The fourth-order valence-corrected chi connectivity index (χ4v) is 1.26. The molecule has 1 aliphatic rings. The van der Waals surface area contributed by atoms with Gasteiger partial charge in [-0.15, -0.1) is 0 Å². The van der Waals surface area contributed by atoms with Crippen LogP contribution in [0.2, 0.25) is 0 Å². The van der Waals surface area contributed by atoms with E-state index < -0.39 is 0 Å². The van der Waals surface area contributed by atoms with Crippen molar-refractivity contribution in [2.45, 2.75) is 25.2 Å². The molecule has 0 saturated heterocycles. The minimum absolute atomic E-state index is 0.139. The van der Waals surface area contributed by atoms with Gasteiger partial charge in [0.05, 0.1) is 6.42 Å². The molecule has 4 heteroatoms. The molecule has 2 N–H and O–H groups in total. The van der Waals surface area contributed by atoms with E-state index in [0.717, 1.165) is 5.69 Å². The second-order valence-corrected chi connectivity index (χ2v) is 3.32. The molecule has 0 aromatic carbocycles. The zero-order valence-electron chi connectivity index (χ0n) is 7.23. The molecule has 1 aliphatic carbocycles. The van der Waals surface area contributed by atoms with Gasteiger partial charge in [-0.3, -0.25) is 4.79 Å². The lowest BCUT2D eigenvalue weighted by Gasteiger charge is -1.99. The minimum Gasteiger partial charge on any atom is -0.369 e. The van der Waals surface area contributed by atoms with Crippen LogP contribution in [0, 0.1) is 0 Å². The van der Waals surface area contributed by atoms with Crippen molar-refractivity contribution in [2.24, 2.45) is 5.73 Å². The Morgan fingerprint density at radius 1 is 1.62 bits per heavy atom. The lowest BCUT2D eigenvalue weighted by Crippen LogP contribution is -2.15. The van der Waals surface area contributed by atoms with Crippen molar-refractivity contribution >= 4 is 5.91 Å². The molecule has 0 spiro atoms. The SMILES string of the molecule is NC(=O)Cc1nccc(C2CC2)n1. The molecule has 2 rings (SSSR count). The number of primary amides is 1. The Kier molecular flexibility index (Phi) is 1.96. The molecule has 1 fully saturated rings. The minimum atomic E-state index is -0.382. The van der Waals surface area contributed by atoms with E-state index in [1.54, 1.807) is 6.20 Å². The first-order chi connectivity index (χ1) is 6.25. The van der Waals surface area contributed by atoms with Crippen molar-refractivity contribution in [1.82, 2.24) is 9.97 Å². The summed E-state index contributed by atoms with van der Waals surface area (Å²) in [6.07, 6.45) is 4.24. The highest BCUT2D eigenvalue weighted by Gasteiger charge is 2.25. The van der Waals surface area contributed by atoms with Crippen LogP contribution in [-0.2, 0) is 11.2 Å². The molecular weight excluding hydrogens is 166 g/mol. The van der Waals surface area contributed by atoms with Crippen LogP contribution < -0.4 is 5.73 Å². The summed E-state index contributed by atoms with van der Waals surface area (Å²) in [5.74, 6) is 0.750. The second kappa shape index (κ2) is 3.12. The molecule has 0 unspecified atom stereocenters. The molecule has 4 nitrogen and oxygen atoms in total. The van der Waals surface area contributed by atoms with Gasteiger partial charge in [0.25, 0.3) is 0 Å². The Hall–Kier alpha value is -1.45. The van der Waals surface area contributed by atoms with Crippen LogP contribution >= 0.6 is 0 Å². The molecule has 0 atom stereocenters. The molecular formula is C9H11N3O. The van der Waals surface area contributed by atoms with Crippen LogP contribution in [0.15, 0.2) is 12.3 Å². The first kappa shape index (κ1) is 8.16. The largest absolute Gasteiger partial charge is 0.369 e. The van der Waals surface area contributed by atoms with Crippen molar-refractivity contribution in [2.75, 3.05) is 0 Å². The molecule has 0 aliphatic heterocycles. The maximum absolute atomic E-state index is 10.6. The second-order valence-electron chi connectivity index (χ2n) is 3.32. The van der Waals surface area contributed by atoms with E-state index in [9.17, 15) is 4.79 Å².